The summed E-state index contributed by atoms with van der Waals surface area (Å²) >= 11 is 0. The van der Waals surface area contributed by atoms with Crippen LogP contribution in [0.4, 0.5) is 0 Å². The molecule has 0 radical (unpaired) electrons. The van der Waals surface area contributed by atoms with Gasteiger partial charge in [0.25, 0.3) is 5.91 Å². The molecule has 0 saturated carbocycles. The first-order valence-electron chi connectivity index (χ1n) is 5.26. The number of hydrogen-bond donors (Lipinski definition) is 1. The van der Waals surface area contributed by atoms with Crippen molar-refractivity contribution in [3.05, 3.63) is 34.2 Å². The molecule has 0 aromatic carbocycles. The van der Waals surface area contributed by atoms with E-state index < -0.39 is 0 Å². The molecule has 2 rings (SSSR count). The van der Waals surface area contributed by atoms with Crippen molar-refractivity contribution >= 4 is 5.91 Å². The van der Waals surface area contributed by atoms with Crippen LogP contribution in [0, 0.1) is 0 Å². The minimum Gasteiger partial charge on any atom is -0.377 e. The Balaban J connectivity index is 2.17. The van der Waals surface area contributed by atoms with Gasteiger partial charge in [0.1, 0.15) is 0 Å². The van der Waals surface area contributed by atoms with E-state index in [1.54, 1.807) is 11.0 Å². The first-order chi connectivity index (χ1) is 7.68. The molecule has 0 bridgehead atoms. The lowest BCUT2D eigenvalue weighted by atomic mass is 10.2. The van der Waals surface area contributed by atoms with Gasteiger partial charge in [-0.25, -0.2) is 0 Å². The van der Waals surface area contributed by atoms with Gasteiger partial charge in [0.05, 0.1) is 24.8 Å². The first kappa shape index (κ1) is 10.9. The normalized spacial score (nSPS) is 20.8. The number of aromatic amines is 1. The number of rotatable bonds is 1. The molecule has 0 aliphatic carbocycles. The third-order valence-corrected chi connectivity index (χ3v) is 2.66. The lowest BCUT2D eigenvalue weighted by Gasteiger charge is -2.33. The average molecular weight is 222 g/mol. The highest BCUT2D eigenvalue weighted by atomic mass is 16.5. The SMILES string of the molecule is C[C@@H]1COCCN1C(=O)c1ccc(=O)[nH]c1. The van der Waals surface area contributed by atoms with Gasteiger partial charge in [-0.05, 0) is 13.0 Å². The summed E-state index contributed by atoms with van der Waals surface area (Å²) in [6.45, 7) is 3.68. The summed E-state index contributed by atoms with van der Waals surface area (Å²) < 4.78 is 5.27. The Labute approximate surface area is 93.0 Å². The fourth-order valence-corrected chi connectivity index (χ4v) is 1.74. The number of carbonyl (C=O) groups excluding carboxylic acids is 1. The first-order valence-corrected chi connectivity index (χ1v) is 5.26. The standard InChI is InChI=1S/C11H14N2O3/c1-8-7-16-5-4-13(8)11(15)9-2-3-10(14)12-6-9/h2-3,6,8H,4-5,7H2,1H3,(H,12,14)/t8-/m1/s1. The van der Waals surface area contributed by atoms with Gasteiger partial charge in [-0.3, -0.25) is 9.59 Å². The zero-order valence-electron chi connectivity index (χ0n) is 9.10. The van der Waals surface area contributed by atoms with Crippen LogP contribution in [0.5, 0.6) is 0 Å². The summed E-state index contributed by atoms with van der Waals surface area (Å²) in [5.41, 5.74) is 0.305. The molecule has 16 heavy (non-hydrogen) atoms. The van der Waals surface area contributed by atoms with Crippen LogP contribution in [0.1, 0.15) is 17.3 Å². The third-order valence-electron chi connectivity index (χ3n) is 2.66. The smallest absolute Gasteiger partial charge is 0.255 e. The molecule has 1 amide bonds. The second-order valence-electron chi connectivity index (χ2n) is 3.86. The maximum Gasteiger partial charge on any atom is 0.255 e. The number of amides is 1. The molecule has 1 atom stereocenters. The molecule has 1 aromatic heterocycles. The van der Waals surface area contributed by atoms with E-state index in [4.69, 9.17) is 4.74 Å². The summed E-state index contributed by atoms with van der Waals surface area (Å²) in [4.78, 5) is 27.2. The van der Waals surface area contributed by atoms with E-state index in [0.29, 0.717) is 25.3 Å². The van der Waals surface area contributed by atoms with E-state index >= 15 is 0 Å². The van der Waals surface area contributed by atoms with Crippen molar-refractivity contribution in [2.24, 2.45) is 0 Å². The molecule has 1 aliphatic heterocycles. The molecule has 1 aromatic rings. The largest absolute Gasteiger partial charge is 0.377 e. The number of nitrogens with one attached hydrogen (secondary N) is 1. The maximum absolute atomic E-state index is 12.1. The van der Waals surface area contributed by atoms with E-state index in [0.717, 1.165) is 0 Å². The Morgan fingerprint density at radius 2 is 2.38 bits per heavy atom. The van der Waals surface area contributed by atoms with Crippen LogP contribution < -0.4 is 5.56 Å². The molecule has 2 heterocycles. The van der Waals surface area contributed by atoms with E-state index in [1.165, 1.54) is 12.3 Å². The number of ether oxygens (including phenoxy) is 1. The van der Waals surface area contributed by atoms with Crippen LogP contribution in [0.15, 0.2) is 23.1 Å². The predicted molar refractivity (Wildman–Crippen MR) is 58.4 cm³/mol. The van der Waals surface area contributed by atoms with E-state index in [1.807, 2.05) is 6.92 Å². The van der Waals surface area contributed by atoms with Crippen molar-refractivity contribution < 1.29 is 9.53 Å². The van der Waals surface area contributed by atoms with Crippen LogP contribution >= 0.6 is 0 Å². The Kier molecular flexibility index (Phi) is 3.05. The minimum atomic E-state index is -0.202. The predicted octanol–water partition coefficient (Wildman–Crippen LogP) is 0.236. The number of morpholine rings is 1. The van der Waals surface area contributed by atoms with Gasteiger partial charge in [-0.1, -0.05) is 0 Å². The van der Waals surface area contributed by atoms with E-state index in [2.05, 4.69) is 4.98 Å². The number of H-pyrrole nitrogens is 1. The van der Waals surface area contributed by atoms with Gasteiger partial charge >= 0.3 is 0 Å². The minimum absolute atomic E-state index is 0.0629. The third kappa shape index (κ3) is 2.14. The molecule has 1 N–H and O–H groups in total. The summed E-state index contributed by atoms with van der Waals surface area (Å²) in [7, 11) is 0. The van der Waals surface area contributed by atoms with Gasteiger partial charge in [0, 0.05) is 18.8 Å². The second kappa shape index (κ2) is 4.49. The monoisotopic (exact) mass is 222 g/mol. The van der Waals surface area contributed by atoms with Gasteiger partial charge in [0.2, 0.25) is 5.56 Å². The van der Waals surface area contributed by atoms with Gasteiger partial charge in [-0.15, -0.1) is 0 Å². The van der Waals surface area contributed by atoms with Crippen molar-refractivity contribution in [2.45, 2.75) is 13.0 Å². The average Bonchev–Trinajstić information content (AvgIpc) is 2.30. The molecule has 1 fully saturated rings. The maximum atomic E-state index is 12.1. The van der Waals surface area contributed by atoms with Crippen molar-refractivity contribution in [3.8, 4) is 0 Å². The van der Waals surface area contributed by atoms with Crippen LogP contribution in [-0.2, 0) is 4.74 Å². The van der Waals surface area contributed by atoms with Gasteiger partial charge in [0.15, 0.2) is 0 Å². The molecular weight excluding hydrogens is 208 g/mol. The number of carbonyl (C=O) groups is 1. The fraction of sp³-hybridized carbons (Fsp3) is 0.455. The highest BCUT2D eigenvalue weighted by Gasteiger charge is 2.24. The molecule has 1 aliphatic rings. The molecule has 0 spiro atoms. The number of hydrogen-bond acceptors (Lipinski definition) is 3. The van der Waals surface area contributed by atoms with E-state index in [-0.39, 0.29) is 17.5 Å². The highest BCUT2D eigenvalue weighted by Crippen LogP contribution is 2.10. The molecule has 1 saturated heterocycles. The Morgan fingerprint density at radius 3 is 3.00 bits per heavy atom. The quantitative estimate of drug-likeness (QED) is 0.740. The Bertz CT molecular complexity index is 421. The molecule has 5 heteroatoms. The fourth-order valence-electron chi connectivity index (χ4n) is 1.74. The molecular formula is C11H14N2O3. The summed E-state index contributed by atoms with van der Waals surface area (Å²) in [5.74, 6) is -0.0629. The van der Waals surface area contributed by atoms with Crippen LogP contribution in [0.25, 0.3) is 0 Å². The van der Waals surface area contributed by atoms with Gasteiger partial charge in [-0.2, -0.15) is 0 Å². The van der Waals surface area contributed by atoms with Crippen molar-refractivity contribution in [2.75, 3.05) is 19.8 Å². The summed E-state index contributed by atoms with van der Waals surface area (Å²) in [6.07, 6.45) is 1.45. The number of aromatic nitrogens is 1. The number of pyridine rings is 1. The van der Waals surface area contributed by atoms with Crippen molar-refractivity contribution in [1.29, 1.82) is 0 Å². The molecule has 5 nitrogen and oxygen atoms in total. The van der Waals surface area contributed by atoms with Crippen molar-refractivity contribution in [1.82, 2.24) is 9.88 Å². The molecule has 86 valence electrons. The van der Waals surface area contributed by atoms with Crippen LogP contribution in [-0.4, -0.2) is 41.6 Å². The van der Waals surface area contributed by atoms with Crippen LogP contribution in [0.3, 0.4) is 0 Å². The topological polar surface area (TPSA) is 62.4 Å². The highest BCUT2D eigenvalue weighted by molar-refractivity contribution is 5.94. The zero-order valence-corrected chi connectivity index (χ0v) is 9.10. The lowest BCUT2D eigenvalue weighted by molar-refractivity contribution is 0.00357. The van der Waals surface area contributed by atoms with E-state index in [9.17, 15) is 9.59 Å². The van der Waals surface area contributed by atoms with Gasteiger partial charge < -0.3 is 14.6 Å². The lowest BCUT2D eigenvalue weighted by Crippen LogP contribution is -2.47. The summed E-state index contributed by atoms with van der Waals surface area (Å²) in [5, 5.41) is 0. The number of nitrogens with zero attached hydrogens (tertiary/aromatic N) is 1. The summed E-state index contributed by atoms with van der Waals surface area (Å²) in [6, 6.07) is 2.98. The Hall–Kier alpha value is -1.62. The molecule has 0 unspecified atom stereocenters. The second-order valence-corrected chi connectivity index (χ2v) is 3.86. The van der Waals surface area contributed by atoms with Crippen LogP contribution in [0.2, 0.25) is 0 Å². The van der Waals surface area contributed by atoms with Crippen molar-refractivity contribution in [3.63, 3.8) is 0 Å². The zero-order chi connectivity index (χ0) is 11.5. The Morgan fingerprint density at radius 1 is 1.56 bits per heavy atom.